The summed E-state index contributed by atoms with van der Waals surface area (Å²) in [7, 11) is 0. The molecule has 0 aliphatic rings. The van der Waals surface area contributed by atoms with E-state index < -0.39 is 0 Å². The van der Waals surface area contributed by atoms with E-state index in [1.54, 1.807) is 0 Å². The summed E-state index contributed by atoms with van der Waals surface area (Å²) in [6.45, 7) is 2.65. The molecule has 1 heterocycles. The van der Waals surface area contributed by atoms with E-state index in [9.17, 15) is 0 Å². The zero-order chi connectivity index (χ0) is 12.3. The Balaban J connectivity index is 2.27. The number of nitrogens with zero attached hydrogens (tertiary/aromatic N) is 2. The monoisotopic (exact) mass is 295 g/mol. The number of halogens is 1. The van der Waals surface area contributed by atoms with Crippen LogP contribution in [-0.2, 0) is 0 Å². The molecule has 0 amide bonds. The van der Waals surface area contributed by atoms with E-state index in [0.29, 0.717) is 18.3 Å². The van der Waals surface area contributed by atoms with Gasteiger partial charge in [-0.15, -0.1) is 0 Å². The van der Waals surface area contributed by atoms with Gasteiger partial charge in [0.2, 0.25) is 11.7 Å². The van der Waals surface area contributed by atoms with E-state index >= 15 is 0 Å². The summed E-state index contributed by atoms with van der Waals surface area (Å²) in [4.78, 5) is 4.40. The van der Waals surface area contributed by atoms with Crippen molar-refractivity contribution in [2.45, 2.75) is 19.3 Å². The second-order valence-electron chi connectivity index (χ2n) is 3.91. The topological polar surface area (TPSA) is 64.9 Å². The minimum absolute atomic E-state index is 0.198. The Morgan fingerprint density at radius 3 is 2.88 bits per heavy atom. The van der Waals surface area contributed by atoms with E-state index in [-0.39, 0.29) is 5.92 Å². The van der Waals surface area contributed by atoms with E-state index in [1.165, 1.54) is 0 Å². The minimum Gasteiger partial charge on any atom is -0.339 e. The van der Waals surface area contributed by atoms with Crippen molar-refractivity contribution in [3.05, 3.63) is 34.6 Å². The first kappa shape index (κ1) is 12.3. The molecular formula is C12H14BrN3O. The predicted octanol–water partition coefficient (Wildman–Crippen LogP) is 2.95. The van der Waals surface area contributed by atoms with Gasteiger partial charge < -0.3 is 10.3 Å². The lowest BCUT2D eigenvalue weighted by atomic mass is 10.1. The highest BCUT2D eigenvalue weighted by Crippen LogP contribution is 2.27. The largest absolute Gasteiger partial charge is 0.339 e. The number of hydrogen-bond acceptors (Lipinski definition) is 4. The maximum Gasteiger partial charge on any atom is 0.229 e. The molecule has 0 fully saturated rings. The first-order valence-corrected chi connectivity index (χ1v) is 6.30. The van der Waals surface area contributed by atoms with Gasteiger partial charge in [-0.2, -0.15) is 4.98 Å². The van der Waals surface area contributed by atoms with Gasteiger partial charge in [0.05, 0.1) is 0 Å². The minimum atomic E-state index is 0.198. The van der Waals surface area contributed by atoms with Gasteiger partial charge in [-0.1, -0.05) is 40.1 Å². The van der Waals surface area contributed by atoms with Crippen molar-refractivity contribution in [3.8, 4) is 11.4 Å². The smallest absolute Gasteiger partial charge is 0.229 e. The van der Waals surface area contributed by atoms with Crippen LogP contribution in [0, 0.1) is 0 Å². The highest BCUT2D eigenvalue weighted by Gasteiger charge is 2.15. The lowest BCUT2D eigenvalue weighted by molar-refractivity contribution is 0.355. The fraction of sp³-hybridized carbons (Fsp3) is 0.333. The summed E-state index contributed by atoms with van der Waals surface area (Å²) in [6.07, 6.45) is 0.845. The summed E-state index contributed by atoms with van der Waals surface area (Å²) >= 11 is 3.47. The first-order valence-electron chi connectivity index (χ1n) is 5.51. The third-order valence-corrected chi connectivity index (χ3v) is 3.27. The number of rotatable bonds is 4. The van der Waals surface area contributed by atoms with Crippen LogP contribution in [0.3, 0.4) is 0 Å². The molecule has 0 spiro atoms. The van der Waals surface area contributed by atoms with E-state index in [1.807, 2.05) is 31.2 Å². The molecular weight excluding hydrogens is 282 g/mol. The maximum absolute atomic E-state index is 5.51. The molecule has 4 nitrogen and oxygen atoms in total. The molecule has 90 valence electrons. The van der Waals surface area contributed by atoms with Gasteiger partial charge in [-0.25, -0.2) is 0 Å². The molecule has 17 heavy (non-hydrogen) atoms. The zero-order valence-corrected chi connectivity index (χ0v) is 11.1. The quantitative estimate of drug-likeness (QED) is 0.942. The van der Waals surface area contributed by atoms with Crippen LogP contribution >= 0.6 is 15.9 Å². The molecule has 0 saturated heterocycles. The second kappa shape index (κ2) is 5.42. The van der Waals surface area contributed by atoms with Gasteiger partial charge in [-0.05, 0) is 25.1 Å². The van der Waals surface area contributed by atoms with Crippen LogP contribution in [0.5, 0.6) is 0 Å². The highest BCUT2D eigenvalue weighted by molar-refractivity contribution is 9.10. The van der Waals surface area contributed by atoms with Crippen molar-refractivity contribution in [1.82, 2.24) is 10.1 Å². The molecule has 0 radical (unpaired) electrons. The van der Waals surface area contributed by atoms with Crippen molar-refractivity contribution < 1.29 is 4.52 Å². The van der Waals surface area contributed by atoms with Gasteiger partial charge >= 0.3 is 0 Å². The molecule has 0 aliphatic heterocycles. The summed E-state index contributed by atoms with van der Waals surface area (Å²) in [5.74, 6) is 1.45. The maximum atomic E-state index is 5.51. The van der Waals surface area contributed by atoms with Crippen LogP contribution in [0.15, 0.2) is 33.3 Å². The van der Waals surface area contributed by atoms with Gasteiger partial charge in [0.25, 0.3) is 0 Å². The SMILES string of the molecule is CC(CCN)c1nc(-c2ccccc2Br)no1. The van der Waals surface area contributed by atoms with Crippen molar-refractivity contribution in [3.63, 3.8) is 0 Å². The zero-order valence-electron chi connectivity index (χ0n) is 9.56. The molecule has 5 heteroatoms. The summed E-state index contributed by atoms with van der Waals surface area (Å²) in [5.41, 5.74) is 6.44. The lowest BCUT2D eigenvalue weighted by Crippen LogP contribution is -2.04. The van der Waals surface area contributed by atoms with Crippen LogP contribution in [0.4, 0.5) is 0 Å². The van der Waals surface area contributed by atoms with Crippen molar-refractivity contribution in [1.29, 1.82) is 0 Å². The normalized spacial score (nSPS) is 12.6. The number of hydrogen-bond donors (Lipinski definition) is 1. The van der Waals surface area contributed by atoms with Crippen molar-refractivity contribution in [2.75, 3.05) is 6.54 Å². The van der Waals surface area contributed by atoms with Crippen LogP contribution in [0.2, 0.25) is 0 Å². The molecule has 1 aromatic heterocycles. The molecule has 1 atom stereocenters. The van der Waals surface area contributed by atoms with Gasteiger partial charge in [0, 0.05) is 16.0 Å². The van der Waals surface area contributed by atoms with E-state index in [2.05, 4.69) is 26.1 Å². The molecule has 1 aromatic carbocycles. The van der Waals surface area contributed by atoms with Crippen LogP contribution < -0.4 is 5.73 Å². The third kappa shape index (κ3) is 2.73. The predicted molar refractivity (Wildman–Crippen MR) is 69.5 cm³/mol. The Morgan fingerprint density at radius 2 is 2.18 bits per heavy atom. The summed E-state index contributed by atoms with van der Waals surface area (Å²) < 4.78 is 6.21. The molecule has 0 saturated carbocycles. The molecule has 0 aliphatic carbocycles. The highest BCUT2D eigenvalue weighted by atomic mass is 79.9. The Labute approximate surface area is 108 Å². The van der Waals surface area contributed by atoms with Gasteiger partial charge in [-0.3, -0.25) is 0 Å². The first-order chi connectivity index (χ1) is 8.22. The van der Waals surface area contributed by atoms with E-state index in [4.69, 9.17) is 10.3 Å². The number of nitrogens with two attached hydrogens (primary N) is 1. The average molecular weight is 296 g/mol. The standard InChI is InChI=1S/C12H14BrN3O/c1-8(6-7-14)12-15-11(16-17-12)9-4-2-3-5-10(9)13/h2-5,8H,6-7,14H2,1H3. The summed E-state index contributed by atoms with van der Waals surface area (Å²) in [5, 5.41) is 3.99. The second-order valence-corrected chi connectivity index (χ2v) is 4.77. The Hall–Kier alpha value is -1.20. The third-order valence-electron chi connectivity index (χ3n) is 2.58. The number of aromatic nitrogens is 2. The fourth-order valence-electron chi connectivity index (χ4n) is 1.56. The Kier molecular flexibility index (Phi) is 3.91. The molecule has 0 bridgehead atoms. The van der Waals surface area contributed by atoms with Crippen molar-refractivity contribution >= 4 is 15.9 Å². The van der Waals surface area contributed by atoms with Crippen LogP contribution in [-0.4, -0.2) is 16.7 Å². The number of benzene rings is 1. The van der Waals surface area contributed by atoms with Gasteiger partial charge in [0.15, 0.2) is 0 Å². The van der Waals surface area contributed by atoms with Crippen LogP contribution in [0.25, 0.3) is 11.4 Å². The molecule has 2 rings (SSSR count). The van der Waals surface area contributed by atoms with Crippen LogP contribution in [0.1, 0.15) is 25.2 Å². The lowest BCUT2D eigenvalue weighted by Gasteiger charge is -2.01. The molecule has 2 N–H and O–H groups in total. The van der Waals surface area contributed by atoms with Crippen molar-refractivity contribution in [2.24, 2.45) is 5.73 Å². The fourth-order valence-corrected chi connectivity index (χ4v) is 2.02. The Bertz CT molecular complexity index is 498. The molecule has 2 aromatic rings. The van der Waals surface area contributed by atoms with Gasteiger partial charge in [0.1, 0.15) is 0 Å². The Morgan fingerprint density at radius 1 is 1.41 bits per heavy atom. The summed E-state index contributed by atoms with van der Waals surface area (Å²) in [6, 6.07) is 7.80. The molecule has 1 unspecified atom stereocenters. The van der Waals surface area contributed by atoms with E-state index in [0.717, 1.165) is 16.5 Å². The average Bonchev–Trinajstić information content (AvgIpc) is 2.79.